The van der Waals surface area contributed by atoms with Gasteiger partial charge in [0.1, 0.15) is 7.05 Å². The molecule has 3 aromatic rings. The van der Waals surface area contributed by atoms with Crippen LogP contribution in [0.15, 0.2) is 42.5 Å². The molecular formula is C23H25N2+. The topological polar surface area (TPSA) is 16.8 Å². The monoisotopic (exact) mass is 332 g/mol. The summed E-state index contributed by atoms with van der Waals surface area (Å²) in [5.41, 5.74) is 9.04. The van der Waals surface area contributed by atoms with Crippen LogP contribution in [0, 0.1) is 20.7 Å². The summed E-state index contributed by atoms with van der Waals surface area (Å²) in [7, 11) is 1.83. The lowest BCUT2D eigenvalue weighted by molar-refractivity contribution is -0.666. The van der Waals surface area contributed by atoms with Crippen LogP contribution in [-0.2, 0) is 12.5 Å². The van der Waals surface area contributed by atoms with E-state index in [-0.39, 0.29) is 5.41 Å². The van der Waals surface area contributed by atoms with Crippen molar-refractivity contribution >= 4 is 0 Å². The zero-order valence-corrected chi connectivity index (χ0v) is 15.4. The minimum Gasteiger partial charge on any atom is -0.257 e. The van der Waals surface area contributed by atoms with E-state index in [0.717, 1.165) is 28.2 Å². The molecule has 2 heteroatoms. The number of rotatable bonds is 1. The summed E-state index contributed by atoms with van der Waals surface area (Å²) in [6.07, 6.45) is 0. The Morgan fingerprint density at radius 2 is 1.80 bits per heavy atom. The van der Waals surface area contributed by atoms with Gasteiger partial charge in [-0.1, -0.05) is 26.0 Å². The van der Waals surface area contributed by atoms with Gasteiger partial charge in [-0.3, -0.25) is 4.98 Å². The van der Waals surface area contributed by atoms with E-state index in [1.54, 1.807) is 10.6 Å². The van der Waals surface area contributed by atoms with Crippen molar-refractivity contribution in [3.05, 3.63) is 70.7 Å². The van der Waals surface area contributed by atoms with Crippen molar-refractivity contribution in [1.29, 1.82) is 0 Å². The van der Waals surface area contributed by atoms with Gasteiger partial charge in [-0.25, -0.2) is 0 Å². The van der Waals surface area contributed by atoms with Gasteiger partial charge in [0.05, 0.1) is 5.69 Å². The van der Waals surface area contributed by atoms with Crippen molar-refractivity contribution in [1.82, 2.24) is 4.98 Å². The molecule has 0 bridgehead atoms. The van der Waals surface area contributed by atoms with E-state index in [1.807, 2.05) is 26.1 Å². The summed E-state index contributed by atoms with van der Waals surface area (Å²) < 4.78 is 25.3. The summed E-state index contributed by atoms with van der Waals surface area (Å²) in [4.78, 5) is 4.84. The highest BCUT2D eigenvalue weighted by Crippen LogP contribution is 2.49. The largest absolute Gasteiger partial charge is 0.257 e. The Morgan fingerprint density at radius 3 is 2.56 bits per heavy atom. The second-order valence-electron chi connectivity index (χ2n) is 7.54. The zero-order chi connectivity index (χ0) is 20.4. The molecule has 0 radical (unpaired) electrons. The smallest absolute Gasteiger partial charge is 0.212 e. The van der Waals surface area contributed by atoms with Gasteiger partial charge in [0.25, 0.3) is 0 Å². The fraction of sp³-hybridized carbons (Fsp3) is 0.304. The third kappa shape index (κ3) is 2.24. The number of aromatic nitrogens is 2. The number of hydrogen-bond donors (Lipinski definition) is 0. The molecule has 0 fully saturated rings. The van der Waals surface area contributed by atoms with Gasteiger partial charge in [-0.05, 0) is 48.7 Å². The third-order valence-electron chi connectivity index (χ3n) is 5.46. The van der Waals surface area contributed by atoms with E-state index in [9.17, 15) is 0 Å². The molecule has 0 N–H and O–H groups in total. The average molecular weight is 332 g/mol. The summed E-state index contributed by atoms with van der Waals surface area (Å²) in [5, 5.41) is 0. The van der Waals surface area contributed by atoms with Gasteiger partial charge in [0.15, 0.2) is 5.69 Å². The molecule has 2 heterocycles. The molecule has 1 aromatic carbocycles. The van der Waals surface area contributed by atoms with Crippen LogP contribution in [0.3, 0.4) is 0 Å². The van der Waals surface area contributed by atoms with Crippen molar-refractivity contribution in [2.75, 3.05) is 0 Å². The van der Waals surface area contributed by atoms with E-state index >= 15 is 0 Å². The van der Waals surface area contributed by atoms with Gasteiger partial charge < -0.3 is 0 Å². The van der Waals surface area contributed by atoms with Crippen molar-refractivity contribution in [2.24, 2.45) is 7.05 Å². The standard InChI is InChI=1S/C23H25N2/c1-14-12-20-19(13-18(14)21-9-7-8-16(3)25(21)6)17-11-10-15(2)24-22(17)23(20,4)5/h7-13H,1-6H3/q+1/i3D3. The fourth-order valence-corrected chi connectivity index (χ4v) is 3.96. The van der Waals surface area contributed by atoms with Crippen molar-refractivity contribution in [3.8, 4) is 22.4 Å². The van der Waals surface area contributed by atoms with Crippen LogP contribution in [0.1, 0.15) is 46.2 Å². The average Bonchev–Trinajstić information content (AvgIpc) is 2.81. The maximum atomic E-state index is 7.82. The van der Waals surface area contributed by atoms with Crippen LogP contribution in [0.2, 0.25) is 0 Å². The van der Waals surface area contributed by atoms with Crippen LogP contribution in [-0.4, -0.2) is 4.98 Å². The van der Waals surface area contributed by atoms with Gasteiger partial charge in [0, 0.05) is 45.3 Å². The summed E-state index contributed by atoms with van der Waals surface area (Å²) in [6.45, 7) is 6.41. The summed E-state index contributed by atoms with van der Waals surface area (Å²) in [6, 6.07) is 14.1. The normalized spacial score (nSPS) is 16.6. The van der Waals surface area contributed by atoms with E-state index in [1.165, 1.54) is 16.7 Å². The van der Waals surface area contributed by atoms with Crippen LogP contribution >= 0.6 is 0 Å². The first-order chi connectivity index (χ1) is 13.0. The van der Waals surface area contributed by atoms with Crippen molar-refractivity contribution in [3.63, 3.8) is 0 Å². The first-order valence-corrected chi connectivity index (χ1v) is 8.65. The first kappa shape index (κ1) is 12.8. The second-order valence-corrected chi connectivity index (χ2v) is 7.54. The molecule has 0 saturated carbocycles. The maximum absolute atomic E-state index is 7.82. The van der Waals surface area contributed by atoms with Gasteiger partial charge >= 0.3 is 0 Å². The molecule has 25 heavy (non-hydrogen) atoms. The maximum Gasteiger partial charge on any atom is 0.212 e. The molecule has 0 aliphatic heterocycles. The Labute approximate surface area is 154 Å². The SMILES string of the molecule is [2H]C([2H])([2H])c1cccc(-c2cc3c(cc2C)C(C)(C)c2nc(C)ccc2-3)[n+]1C. The minimum absolute atomic E-state index is 0.150. The molecule has 0 saturated heterocycles. The van der Waals surface area contributed by atoms with Gasteiger partial charge in [0.2, 0.25) is 5.69 Å². The molecule has 0 unspecified atom stereocenters. The molecule has 4 rings (SSSR count). The number of hydrogen-bond acceptors (Lipinski definition) is 1. The molecular weight excluding hydrogens is 304 g/mol. The molecule has 0 atom stereocenters. The highest BCUT2D eigenvalue weighted by atomic mass is 14.9. The predicted octanol–water partition coefficient (Wildman–Crippen LogP) is 4.80. The van der Waals surface area contributed by atoms with Crippen LogP contribution < -0.4 is 4.57 Å². The van der Waals surface area contributed by atoms with E-state index < -0.39 is 6.85 Å². The first-order valence-electron chi connectivity index (χ1n) is 10.2. The Kier molecular flexibility index (Phi) is 2.70. The Bertz CT molecular complexity index is 1110. The Balaban J connectivity index is 1.98. The number of aryl methyl sites for hydroxylation is 3. The van der Waals surface area contributed by atoms with E-state index in [2.05, 4.69) is 45.0 Å². The van der Waals surface area contributed by atoms with Crippen LogP contribution in [0.5, 0.6) is 0 Å². The highest BCUT2D eigenvalue weighted by molar-refractivity contribution is 5.83. The molecule has 0 amide bonds. The predicted molar refractivity (Wildman–Crippen MR) is 103 cm³/mol. The van der Waals surface area contributed by atoms with Crippen LogP contribution in [0.4, 0.5) is 0 Å². The number of nitrogens with zero attached hydrogens (tertiary/aromatic N) is 2. The molecule has 1 aliphatic rings. The third-order valence-corrected chi connectivity index (χ3v) is 5.46. The lowest BCUT2D eigenvalue weighted by Crippen LogP contribution is -2.34. The van der Waals surface area contributed by atoms with Crippen molar-refractivity contribution < 1.29 is 8.68 Å². The van der Waals surface area contributed by atoms with Gasteiger partial charge in [-0.2, -0.15) is 4.57 Å². The quantitative estimate of drug-likeness (QED) is 0.585. The van der Waals surface area contributed by atoms with E-state index in [4.69, 9.17) is 9.10 Å². The Morgan fingerprint density at radius 1 is 1.00 bits per heavy atom. The summed E-state index contributed by atoms with van der Waals surface area (Å²) >= 11 is 0. The molecule has 1 aliphatic carbocycles. The lowest BCUT2D eigenvalue weighted by atomic mass is 9.83. The molecule has 0 spiro atoms. The fourth-order valence-electron chi connectivity index (χ4n) is 3.96. The van der Waals surface area contributed by atoms with E-state index in [0.29, 0.717) is 5.69 Å². The number of pyridine rings is 2. The number of fused-ring (bicyclic) bond motifs is 3. The lowest BCUT2D eigenvalue weighted by Gasteiger charge is -2.21. The number of benzene rings is 1. The Hall–Kier alpha value is -2.48. The molecule has 126 valence electrons. The minimum atomic E-state index is -2.15. The molecule has 2 aromatic heterocycles. The molecule has 2 nitrogen and oxygen atoms in total. The van der Waals surface area contributed by atoms with Crippen molar-refractivity contribution in [2.45, 2.75) is 40.0 Å². The van der Waals surface area contributed by atoms with Crippen LogP contribution in [0.25, 0.3) is 22.4 Å². The zero-order valence-electron chi connectivity index (χ0n) is 18.4. The summed E-state index contributed by atoms with van der Waals surface area (Å²) in [5.74, 6) is 0. The second kappa shape index (κ2) is 5.26. The van der Waals surface area contributed by atoms with Gasteiger partial charge in [-0.15, -0.1) is 0 Å². The highest BCUT2D eigenvalue weighted by Gasteiger charge is 2.38.